The molecule has 2 heterocycles. The predicted molar refractivity (Wildman–Crippen MR) is 76.1 cm³/mol. The van der Waals surface area contributed by atoms with Gasteiger partial charge in [0.25, 0.3) is 0 Å². The second-order valence-electron chi connectivity index (χ2n) is 5.09. The van der Waals surface area contributed by atoms with E-state index in [-0.39, 0.29) is 18.1 Å². The molecule has 0 amide bonds. The van der Waals surface area contributed by atoms with E-state index < -0.39 is 30.1 Å². The van der Waals surface area contributed by atoms with Crippen LogP contribution >= 0.6 is 0 Å². The maximum absolute atomic E-state index is 11.7. The van der Waals surface area contributed by atoms with E-state index in [1.54, 1.807) is 12.2 Å². The number of cyclic esters (lactones) is 2. The maximum Gasteiger partial charge on any atom is 0.334 e. The number of carbonyl (C=O) groups excluding carboxylic acids is 2. The van der Waals surface area contributed by atoms with Crippen molar-refractivity contribution < 1.29 is 24.2 Å². The smallest absolute Gasteiger partial charge is 0.334 e. The molecule has 1 fully saturated rings. The van der Waals surface area contributed by atoms with Crippen LogP contribution in [0.4, 0.5) is 0 Å². The van der Waals surface area contributed by atoms with Crippen molar-refractivity contribution in [3.8, 4) is 0 Å². The molecule has 21 heavy (non-hydrogen) atoms. The minimum Gasteiger partial charge on any atom is -0.454 e. The molecule has 0 aromatic rings. The normalized spacial score (nSPS) is 29.7. The van der Waals surface area contributed by atoms with E-state index in [4.69, 9.17) is 9.47 Å². The molecule has 2 aliphatic rings. The Kier molecular flexibility index (Phi) is 4.43. The van der Waals surface area contributed by atoms with Crippen molar-refractivity contribution in [3.05, 3.63) is 49.1 Å². The van der Waals surface area contributed by atoms with Gasteiger partial charge in [-0.15, -0.1) is 6.58 Å². The molecule has 0 saturated carbocycles. The summed E-state index contributed by atoms with van der Waals surface area (Å²) in [4.78, 5) is 23.2. The van der Waals surface area contributed by atoms with Gasteiger partial charge < -0.3 is 14.6 Å². The van der Waals surface area contributed by atoms with Crippen molar-refractivity contribution in [2.24, 2.45) is 5.92 Å². The average molecular weight is 290 g/mol. The van der Waals surface area contributed by atoms with E-state index in [0.29, 0.717) is 12.0 Å². The van der Waals surface area contributed by atoms with Gasteiger partial charge in [0.05, 0.1) is 12.0 Å². The molecule has 5 nitrogen and oxygen atoms in total. The van der Waals surface area contributed by atoms with E-state index in [9.17, 15) is 14.7 Å². The van der Waals surface area contributed by atoms with Crippen LogP contribution in [0.25, 0.3) is 0 Å². The minimum absolute atomic E-state index is 0.0805. The van der Waals surface area contributed by atoms with Gasteiger partial charge in [0.2, 0.25) is 0 Å². The summed E-state index contributed by atoms with van der Waals surface area (Å²) < 4.78 is 10.2. The topological polar surface area (TPSA) is 72.8 Å². The molecule has 0 aromatic heterocycles. The molecule has 112 valence electrons. The van der Waals surface area contributed by atoms with Gasteiger partial charge >= 0.3 is 11.9 Å². The predicted octanol–water partition coefficient (Wildman–Crippen LogP) is 1.45. The average Bonchev–Trinajstić information content (AvgIpc) is 2.91. The Bertz CT molecular complexity index is 531. The fourth-order valence-electron chi connectivity index (χ4n) is 2.58. The molecule has 0 aromatic carbocycles. The highest BCUT2D eigenvalue weighted by Gasteiger charge is 2.42. The Morgan fingerprint density at radius 1 is 1.29 bits per heavy atom. The number of hydrogen-bond donors (Lipinski definition) is 1. The molecule has 0 spiro atoms. The Morgan fingerprint density at radius 3 is 2.62 bits per heavy atom. The fourth-order valence-corrected chi connectivity index (χ4v) is 2.58. The number of aliphatic hydroxyl groups is 1. The molecule has 5 heteroatoms. The first-order valence-corrected chi connectivity index (χ1v) is 6.71. The molecule has 2 rings (SSSR count). The van der Waals surface area contributed by atoms with E-state index >= 15 is 0 Å². The van der Waals surface area contributed by atoms with Crippen LogP contribution in [0.1, 0.15) is 12.8 Å². The van der Waals surface area contributed by atoms with Crippen LogP contribution < -0.4 is 0 Å². The van der Waals surface area contributed by atoms with Crippen molar-refractivity contribution in [2.45, 2.75) is 31.2 Å². The number of aliphatic hydroxyl groups excluding tert-OH is 1. The third-order valence-electron chi connectivity index (χ3n) is 3.64. The zero-order chi connectivity index (χ0) is 15.6. The number of rotatable bonds is 6. The highest BCUT2D eigenvalue weighted by Crippen LogP contribution is 2.33. The van der Waals surface area contributed by atoms with E-state index in [2.05, 4.69) is 19.7 Å². The van der Waals surface area contributed by atoms with Crippen LogP contribution in [0.15, 0.2) is 49.1 Å². The Hall–Kier alpha value is -2.14. The summed E-state index contributed by atoms with van der Waals surface area (Å²) in [6.45, 7) is 10.8. The number of hydrogen-bond acceptors (Lipinski definition) is 5. The lowest BCUT2D eigenvalue weighted by atomic mass is 9.87. The standard InChI is InChI=1S/C16H18O5/c1-4-6-11-7-10(16(19)20-11)8-12(17)14-9(3)15(18)21-13(14)5-2/h4-5,7,11-14,17H,1-3,6,8H2/t11-,12+,13-,14-/m1/s1. The van der Waals surface area contributed by atoms with E-state index in [1.807, 2.05) is 0 Å². The molecule has 1 saturated heterocycles. The molecule has 2 aliphatic heterocycles. The summed E-state index contributed by atoms with van der Waals surface area (Å²) in [5, 5.41) is 10.3. The number of esters is 2. The zero-order valence-corrected chi connectivity index (χ0v) is 11.7. The van der Waals surface area contributed by atoms with Crippen molar-refractivity contribution in [2.75, 3.05) is 0 Å². The first-order valence-electron chi connectivity index (χ1n) is 6.71. The second-order valence-corrected chi connectivity index (χ2v) is 5.09. The van der Waals surface area contributed by atoms with Gasteiger partial charge in [-0.05, 0) is 6.08 Å². The summed E-state index contributed by atoms with van der Waals surface area (Å²) in [6, 6.07) is 0. The van der Waals surface area contributed by atoms with Crippen LogP contribution in [-0.2, 0) is 19.1 Å². The summed E-state index contributed by atoms with van der Waals surface area (Å²) in [5.74, 6) is -1.59. The zero-order valence-electron chi connectivity index (χ0n) is 11.7. The van der Waals surface area contributed by atoms with Gasteiger partial charge in [-0.3, -0.25) is 0 Å². The Morgan fingerprint density at radius 2 is 2.00 bits per heavy atom. The fraction of sp³-hybridized carbons (Fsp3) is 0.375. The van der Waals surface area contributed by atoms with Gasteiger partial charge in [0, 0.05) is 24.0 Å². The molecule has 4 atom stereocenters. The molecular formula is C16H18O5. The highest BCUT2D eigenvalue weighted by atomic mass is 16.6. The van der Waals surface area contributed by atoms with Crippen LogP contribution in [-0.4, -0.2) is 35.4 Å². The number of carbonyl (C=O) groups is 2. The van der Waals surface area contributed by atoms with Gasteiger partial charge in [-0.2, -0.15) is 0 Å². The molecule has 0 aliphatic carbocycles. The van der Waals surface area contributed by atoms with Crippen molar-refractivity contribution in [3.63, 3.8) is 0 Å². The third-order valence-corrected chi connectivity index (χ3v) is 3.64. The Balaban J connectivity index is 2.08. The van der Waals surface area contributed by atoms with E-state index in [1.165, 1.54) is 6.08 Å². The molecular weight excluding hydrogens is 272 g/mol. The summed E-state index contributed by atoms with van der Waals surface area (Å²) in [6.07, 6.45) is 3.47. The first kappa shape index (κ1) is 15.3. The van der Waals surface area contributed by atoms with Crippen LogP contribution in [0.3, 0.4) is 0 Å². The molecule has 0 unspecified atom stereocenters. The number of ether oxygens (including phenoxy) is 2. The largest absolute Gasteiger partial charge is 0.454 e. The summed E-state index contributed by atoms with van der Waals surface area (Å²) in [7, 11) is 0. The molecule has 0 radical (unpaired) electrons. The Labute approximate surface area is 123 Å². The van der Waals surface area contributed by atoms with Gasteiger partial charge in [0.1, 0.15) is 12.2 Å². The second kappa shape index (κ2) is 6.10. The highest BCUT2D eigenvalue weighted by molar-refractivity contribution is 5.92. The minimum atomic E-state index is -0.965. The van der Waals surface area contributed by atoms with Gasteiger partial charge in [-0.1, -0.05) is 25.3 Å². The van der Waals surface area contributed by atoms with Crippen LogP contribution in [0.5, 0.6) is 0 Å². The van der Waals surface area contributed by atoms with Crippen molar-refractivity contribution >= 4 is 11.9 Å². The maximum atomic E-state index is 11.7. The van der Waals surface area contributed by atoms with Crippen molar-refractivity contribution in [1.29, 1.82) is 0 Å². The van der Waals surface area contributed by atoms with Crippen LogP contribution in [0, 0.1) is 5.92 Å². The SMILES string of the molecule is C=CC[C@@H]1C=C(C[C@H](O)[C@H]2C(=C)C(=O)O[C@@H]2C=C)C(=O)O1. The first-order chi connectivity index (χ1) is 9.97. The van der Waals surface area contributed by atoms with Gasteiger partial charge in [0.15, 0.2) is 0 Å². The van der Waals surface area contributed by atoms with Gasteiger partial charge in [-0.25, -0.2) is 9.59 Å². The quantitative estimate of drug-likeness (QED) is 0.455. The van der Waals surface area contributed by atoms with Crippen LogP contribution in [0.2, 0.25) is 0 Å². The lowest BCUT2D eigenvalue weighted by Gasteiger charge is -2.20. The lowest BCUT2D eigenvalue weighted by Crippen LogP contribution is -2.29. The van der Waals surface area contributed by atoms with E-state index in [0.717, 1.165) is 0 Å². The summed E-state index contributed by atoms with van der Waals surface area (Å²) >= 11 is 0. The lowest BCUT2D eigenvalue weighted by molar-refractivity contribution is -0.140. The summed E-state index contributed by atoms with van der Waals surface area (Å²) in [5.41, 5.74) is 0.589. The third kappa shape index (κ3) is 2.97. The van der Waals surface area contributed by atoms with Crippen molar-refractivity contribution in [1.82, 2.24) is 0 Å². The molecule has 1 N–H and O–H groups in total. The molecule has 0 bridgehead atoms. The monoisotopic (exact) mass is 290 g/mol.